The SMILES string of the molecule is O=C([C@H]1C[C@H]2CC[C@H]1O2)N(Cc1ccc(F)cc1)CC(F)(F)F. The Morgan fingerprint density at radius 2 is 1.91 bits per heavy atom. The normalized spacial score (nSPS) is 26.5. The Hall–Kier alpha value is -1.63. The number of ether oxygens (including phenoxy) is 1. The predicted octanol–water partition coefficient (Wildman–Crippen LogP) is 3.28. The molecule has 0 N–H and O–H groups in total. The van der Waals surface area contributed by atoms with Crippen molar-refractivity contribution in [1.82, 2.24) is 4.90 Å². The van der Waals surface area contributed by atoms with Crippen molar-refractivity contribution in [3.05, 3.63) is 35.6 Å². The standard InChI is InChI=1S/C16H17F4NO2/c17-11-3-1-10(2-4-11)8-21(9-16(18,19)20)15(22)13-7-12-5-6-14(13)23-12/h1-4,12-14H,5-9H2/t12-,13+,14-/m1/s1. The van der Waals surface area contributed by atoms with Gasteiger partial charge in [0.05, 0.1) is 18.1 Å². The lowest BCUT2D eigenvalue weighted by molar-refractivity contribution is -0.166. The summed E-state index contributed by atoms with van der Waals surface area (Å²) in [4.78, 5) is 13.4. The average Bonchev–Trinajstić information content (AvgIpc) is 3.09. The van der Waals surface area contributed by atoms with Crippen LogP contribution < -0.4 is 0 Å². The summed E-state index contributed by atoms with van der Waals surface area (Å²) in [5.41, 5.74) is 0.466. The topological polar surface area (TPSA) is 29.5 Å². The highest BCUT2D eigenvalue weighted by Crippen LogP contribution is 2.40. The molecular formula is C16H17F4NO2. The molecule has 3 rings (SSSR count). The molecule has 2 aliphatic heterocycles. The second-order valence-electron chi connectivity index (χ2n) is 6.15. The van der Waals surface area contributed by atoms with Crippen molar-refractivity contribution in [2.24, 2.45) is 5.92 Å². The minimum atomic E-state index is -4.48. The van der Waals surface area contributed by atoms with Crippen molar-refractivity contribution in [2.45, 2.75) is 44.2 Å². The fraction of sp³-hybridized carbons (Fsp3) is 0.562. The number of fused-ring (bicyclic) bond motifs is 2. The van der Waals surface area contributed by atoms with Gasteiger partial charge in [-0.2, -0.15) is 13.2 Å². The number of benzene rings is 1. The summed E-state index contributed by atoms with van der Waals surface area (Å²) in [5.74, 6) is -1.50. The fourth-order valence-corrected chi connectivity index (χ4v) is 3.37. The van der Waals surface area contributed by atoms with Gasteiger partial charge in [0.25, 0.3) is 0 Å². The third kappa shape index (κ3) is 3.83. The van der Waals surface area contributed by atoms with Crippen molar-refractivity contribution < 1.29 is 27.1 Å². The minimum Gasteiger partial charge on any atom is -0.374 e. The first kappa shape index (κ1) is 16.2. The van der Waals surface area contributed by atoms with Gasteiger partial charge in [-0.15, -0.1) is 0 Å². The van der Waals surface area contributed by atoms with E-state index in [0.29, 0.717) is 12.0 Å². The zero-order chi connectivity index (χ0) is 16.6. The molecular weight excluding hydrogens is 314 g/mol. The van der Waals surface area contributed by atoms with Gasteiger partial charge in [-0.1, -0.05) is 12.1 Å². The summed E-state index contributed by atoms with van der Waals surface area (Å²) >= 11 is 0. The molecule has 1 aromatic carbocycles. The van der Waals surface area contributed by atoms with E-state index in [9.17, 15) is 22.4 Å². The van der Waals surface area contributed by atoms with Crippen LogP contribution in [-0.2, 0) is 16.1 Å². The lowest BCUT2D eigenvalue weighted by atomic mass is 9.88. The first-order valence-corrected chi connectivity index (χ1v) is 7.57. The molecule has 7 heteroatoms. The van der Waals surface area contributed by atoms with Crippen molar-refractivity contribution in [1.29, 1.82) is 0 Å². The highest BCUT2D eigenvalue weighted by Gasteiger charge is 2.47. The number of amides is 1. The lowest BCUT2D eigenvalue weighted by Crippen LogP contribution is -2.44. The maximum Gasteiger partial charge on any atom is 0.406 e. The molecule has 0 aromatic heterocycles. The van der Waals surface area contributed by atoms with E-state index < -0.39 is 30.4 Å². The van der Waals surface area contributed by atoms with E-state index in [1.807, 2.05) is 0 Å². The molecule has 2 fully saturated rings. The monoisotopic (exact) mass is 331 g/mol. The van der Waals surface area contributed by atoms with Crippen LogP contribution in [0.2, 0.25) is 0 Å². The van der Waals surface area contributed by atoms with Crippen LogP contribution in [0.3, 0.4) is 0 Å². The van der Waals surface area contributed by atoms with Crippen molar-refractivity contribution >= 4 is 5.91 Å². The lowest BCUT2D eigenvalue weighted by Gasteiger charge is -2.29. The van der Waals surface area contributed by atoms with Crippen LogP contribution >= 0.6 is 0 Å². The number of carbonyl (C=O) groups is 1. The van der Waals surface area contributed by atoms with E-state index in [-0.39, 0.29) is 18.8 Å². The summed E-state index contributed by atoms with van der Waals surface area (Å²) in [6, 6.07) is 5.13. The van der Waals surface area contributed by atoms with Crippen LogP contribution in [-0.4, -0.2) is 35.7 Å². The summed E-state index contributed by atoms with van der Waals surface area (Å²) in [6.45, 7) is -1.50. The number of alkyl halides is 3. The Labute approximate surface area is 131 Å². The molecule has 1 amide bonds. The molecule has 2 aliphatic rings. The van der Waals surface area contributed by atoms with Crippen molar-refractivity contribution in [3.8, 4) is 0 Å². The summed E-state index contributed by atoms with van der Waals surface area (Å²) in [5, 5.41) is 0. The number of halogens is 4. The average molecular weight is 331 g/mol. The quantitative estimate of drug-likeness (QED) is 0.793. The maximum atomic E-state index is 12.9. The van der Waals surface area contributed by atoms with E-state index in [1.54, 1.807) is 0 Å². The van der Waals surface area contributed by atoms with E-state index in [0.717, 1.165) is 17.7 Å². The summed E-state index contributed by atoms with van der Waals surface area (Å²) in [6.07, 6.45) is -2.68. The molecule has 0 aliphatic carbocycles. The number of carbonyl (C=O) groups excluding carboxylic acids is 1. The first-order chi connectivity index (χ1) is 10.8. The Bertz CT molecular complexity index is 572. The van der Waals surface area contributed by atoms with Crippen LogP contribution in [0.5, 0.6) is 0 Å². The third-order valence-corrected chi connectivity index (χ3v) is 4.39. The molecule has 0 unspecified atom stereocenters. The van der Waals surface area contributed by atoms with Gasteiger partial charge in [0.1, 0.15) is 12.4 Å². The van der Waals surface area contributed by atoms with Gasteiger partial charge in [0, 0.05) is 6.54 Å². The molecule has 0 radical (unpaired) electrons. The van der Waals surface area contributed by atoms with Gasteiger partial charge in [-0.3, -0.25) is 4.79 Å². The van der Waals surface area contributed by atoms with Crippen LogP contribution in [0, 0.1) is 11.7 Å². The minimum absolute atomic E-state index is 0.00694. The number of rotatable bonds is 4. The molecule has 2 heterocycles. The van der Waals surface area contributed by atoms with Crippen LogP contribution in [0.1, 0.15) is 24.8 Å². The molecule has 2 bridgehead atoms. The van der Waals surface area contributed by atoms with Gasteiger partial charge in [-0.25, -0.2) is 4.39 Å². The van der Waals surface area contributed by atoms with Crippen LogP contribution in [0.15, 0.2) is 24.3 Å². The Balaban J connectivity index is 1.74. The van der Waals surface area contributed by atoms with E-state index >= 15 is 0 Å². The summed E-state index contributed by atoms with van der Waals surface area (Å²) in [7, 11) is 0. The van der Waals surface area contributed by atoms with Gasteiger partial charge < -0.3 is 9.64 Å². The molecule has 3 atom stereocenters. The smallest absolute Gasteiger partial charge is 0.374 e. The van der Waals surface area contributed by atoms with Crippen LogP contribution in [0.4, 0.5) is 17.6 Å². The molecule has 0 spiro atoms. The van der Waals surface area contributed by atoms with E-state index in [4.69, 9.17) is 4.74 Å². The second kappa shape index (κ2) is 6.11. The first-order valence-electron chi connectivity index (χ1n) is 7.57. The molecule has 3 nitrogen and oxygen atoms in total. The second-order valence-corrected chi connectivity index (χ2v) is 6.15. The van der Waals surface area contributed by atoms with E-state index in [1.165, 1.54) is 24.3 Å². The molecule has 0 saturated carbocycles. The van der Waals surface area contributed by atoms with Crippen molar-refractivity contribution in [2.75, 3.05) is 6.54 Å². The van der Waals surface area contributed by atoms with Gasteiger partial charge in [0.15, 0.2) is 0 Å². The fourth-order valence-electron chi connectivity index (χ4n) is 3.37. The zero-order valence-corrected chi connectivity index (χ0v) is 12.4. The van der Waals surface area contributed by atoms with Gasteiger partial charge in [-0.05, 0) is 37.0 Å². The molecule has 126 valence electrons. The van der Waals surface area contributed by atoms with E-state index in [2.05, 4.69) is 0 Å². The zero-order valence-electron chi connectivity index (χ0n) is 12.4. The molecule has 23 heavy (non-hydrogen) atoms. The van der Waals surface area contributed by atoms with Gasteiger partial charge >= 0.3 is 6.18 Å². The molecule has 2 saturated heterocycles. The Morgan fingerprint density at radius 3 is 2.43 bits per heavy atom. The highest BCUT2D eigenvalue weighted by molar-refractivity contribution is 5.80. The largest absolute Gasteiger partial charge is 0.406 e. The molecule has 1 aromatic rings. The van der Waals surface area contributed by atoms with Crippen molar-refractivity contribution in [3.63, 3.8) is 0 Å². The predicted molar refractivity (Wildman–Crippen MR) is 73.9 cm³/mol. The maximum absolute atomic E-state index is 12.9. The van der Waals surface area contributed by atoms with Crippen LogP contribution in [0.25, 0.3) is 0 Å². The number of nitrogens with zero attached hydrogens (tertiary/aromatic N) is 1. The highest BCUT2D eigenvalue weighted by atomic mass is 19.4. The van der Waals surface area contributed by atoms with Gasteiger partial charge in [0.2, 0.25) is 5.91 Å². The number of hydrogen-bond donors (Lipinski definition) is 0. The number of hydrogen-bond acceptors (Lipinski definition) is 2. The Morgan fingerprint density at radius 1 is 1.22 bits per heavy atom. The summed E-state index contributed by atoms with van der Waals surface area (Å²) < 4.78 is 57.0. The Kier molecular flexibility index (Phi) is 4.31. The third-order valence-electron chi connectivity index (χ3n) is 4.39.